The molecule has 15 heavy (non-hydrogen) atoms. The van der Waals surface area contributed by atoms with Gasteiger partial charge in [0, 0.05) is 18.1 Å². The summed E-state index contributed by atoms with van der Waals surface area (Å²) in [7, 11) is 0. The van der Waals surface area contributed by atoms with Crippen molar-refractivity contribution in [2.75, 3.05) is 6.54 Å². The first kappa shape index (κ1) is 12.0. The molecule has 2 N–H and O–H groups in total. The van der Waals surface area contributed by atoms with Gasteiger partial charge in [0.25, 0.3) is 0 Å². The molecule has 0 radical (unpaired) electrons. The van der Waals surface area contributed by atoms with E-state index in [1.165, 1.54) is 11.3 Å². The molecule has 0 atom stereocenters. The topological polar surface area (TPSA) is 54.0 Å². The minimum absolute atomic E-state index is 0.110. The largest absolute Gasteiger partial charge is 0.338 e. The SMILES string of the molecule is CC(C)(C)CNC(=O)NCc1nccs1. The quantitative estimate of drug-likeness (QED) is 0.829. The molecule has 1 rings (SSSR count). The summed E-state index contributed by atoms with van der Waals surface area (Å²) >= 11 is 1.53. The highest BCUT2D eigenvalue weighted by atomic mass is 32.1. The van der Waals surface area contributed by atoms with E-state index in [4.69, 9.17) is 0 Å². The zero-order valence-corrected chi connectivity index (χ0v) is 10.1. The first-order valence-electron chi connectivity index (χ1n) is 4.87. The number of carbonyl (C=O) groups is 1. The Labute approximate surface area is 94.1 Å². The summed E-state index contributed by atoms with van der Waals surface area (Å²) in [5.41, 5.74) is 0.110. The number of rotatable bonds is 3. The van der Waals surface area contributed by atoms with E-state index in [2.05, 4.69) is 36.4 Å². The van der Waals surface area contributed by atoms with E-state index in [0.717, 1.165) is 5.01 Å². The highest BCUT2D eigenvalue weighted by Crippen LogP contribution is 2.10. The van der Waals surface area contributed by atoms with Gasteiger partial charge in [0.2, 0.25) is 0 Å². The summed E-state index contributed by atoms with van der Waals surface area (Å²) in [6.07, 6.45) is 1.73. The fraction of sp³-hybridized carbons (Fsp3) is 0.600. The molecule has 0 aliphatic carbocycles. The maximum Gasteiger partial charge on any atom is 0.315 e. The van der Waals surface area contributed by atoms with Crippen molar-refractivity contribution in [3.63, 3.8) is 0 Å². The van der Waals surface area contributed by atoms with Crippen molar-refractivity contribution in [2.45, 2.75) is 27.3 Å². The van der Waals surface area contributed by atoms with Crippen molar-refractivity contribution < 1.29 is 4.79 Å². The zero-order chi connectivity index (χ0) is 11.3. The summed E-state index contributed by atoms with van der Waals surface area (Å²) in [6.45, 7) is 7.39. The van der Waals surface area contributed by atoms with Gasteiger partial charge in [-0.2, -0.15) is 0 Å². The molecule has 0 fully saturated rings. The minimum atomic E-state index is -0.139. The van der Waals surface area contributed by atoms with Gasteiger partial charge >= 0.3 is 6.03 Å². The van der Waals surface area contributed by atoms with Gasteiger partial charge in [0.1, 0.15) is 5.01 Å². The Bertz CT molecular complexity index is 303. The molecule has 1 aromatic rings. The summed E-state index contributed by atoms with van der Waals surface area (Å²) in [6, 6.07) is -0.139. The third kappa shape index (κ3) is 5.37. The second-order valence-corrected chi connectivity index (χ2v) is 5.50. The van der Waals surface area contributed by atoms with Crippen LogP contribution in [0.5, 0.6) is 0 Å². The van der Waals surface area contributed by atoms with Crippen molar-refractivity contribution >= 4 is 17.4 Å². The molecule has 0 saturated heterocycles. The normalized spacial score (nSPS) is 11.1. The van der Waals surface area contributed by atoms with Crippen LogP contribution >= 0.6 is 11.3 Å². The van der Waals surface area contributed by atoms with Gasteiger partial charge in [0.15, 0.2) is 0 Å². The van der Waals surface area contributed by atoms with Crippen LogP contribution in [0.2, 0.25) is 0 Å². The highest BCUT2D eigenvalue weighted by molar-refractivity contribution is 7.09. The van der Waals surface area contributed by atoms with Crippen LogP contribution in [0.15, 0.2) is 11.6 Å². The Morgan fingerprint density at radius 3 is 2.73 bits per heavy atom. The van der Waals surface area contributed by atoms with Crippen molar-refractivity contribution in [2.24, 2.45) is 5.41 Å². The predicted molar refractivity (Wildman–Crippen MR) is 61.8 cm³/mol. The Hall–Kier alpha value is -1.10. The molecule has 1 aromatic heterocycles. The monoisotopic (exact) mass is 227 g/mol. The van der Waals surface area contributed by atoms with Gasteiger partial charge < -0.3 is 10.6 Å². The number of hydrogen-bond donors (Lipinski definition) is 2. The maximum absolute atomic E-state index is 11.3. The van der Waals surface area contributed by atoms with Crippen molar-refractivity contribution in [1.29, 1.82) is 0 Å². The second-order valence-electron chi connectivity index (χ2n) is 4.52. The van der Waals surface area contributed by atoms with Gasteiger partial charge in [-0.25, -0.2) is 9.78 Å². The fourth-order valence-electron chi connectivity index (χ4n) is 0.904. The van der Waals surface area contributed by atoms with E-state index < -0.39 is 0 Å². The van der Waals surface area contributed by atoms with E-state index >= 15 is 0 Å². The van der Waals surface area contributed by atoms with Crippen molar-refractivity contribution in [3.05, 3.63) is 16.6 Å². The molecular formula is C10H17N3OS. The average molecular weight is 227 g/mol. The standard InChI is InChI=1S/C10H17N3OS/c1-10(2,3)7-13-9(14)12-6-8-11-4-5-15-8/h4-5H,6-7H2,1-3H3,(H2,12,13,14). The molecule has 84 valence electrons. The number of urea groups is 1. The minimum Gasteiger partial charge on any atom is -0.338 e. The molecule has 2 amide bonds. The zero-order valence-electron chi connectivity index (χ0n) is 9.33. The molecule has 1 heterocycles. The lowest BCUT2D eigenvalue weighted by Gasteiger charge is -2.18. The van der Waals surface area contributed by atoms with Gasteiger partial charge in [-0.3, -0.25) is 0 Å². The van der Waals surface area contributed by atoms with Crippen LogP contribution in [0, 0.1) is 5.41 Å². The number of nitrogens with zero attached hydrogens (tertiary/aromatic N) is 1. The molecule has 0 spiro atoms. The van der Waals surface area contributed by atoms with Crippen LogP contribution in [0.3, 0.4) is 0 Å². The summed E-state index contributed by atoms with van der Waals surface area (Å²) in [4.78, 5) is 15.4. The number of hydrogen-bond acceptors (Lipinski definition) is 3. The van der Waals surface area contributed by atoms with Crippen LogP contribution in [0.4, 0.5) is 4.79 Å². The molecule has 4 nitrogen and oxygen atoms in total. The number of aromatic nitrogens is 1. The molecule has 0 aliphatic rings. The van der Waals surface area contributed by atoms with Crippen LogP contribution in [0.1, 0.15) is 25.8 Å². The number of nitrogens with one attached hydrogen (secondary N) is 2. The lowest BCUT2D eigenvalue weighted by atomic mass is 9.97. The summed E-state index contributed by atoms with van der Waals surface area (Å²) < 4.78 is 0. The van der Waals surface area contributed by atoms with Crippen LogP contribution in [-0.4, -0.2) is 17.6 Å². The van der Waals surface area contributed by atoms with Crippen molar-refractivity contribution in [3.8, 4) is 0 Å². The number of amides is 2. The molecule has 0 aliphatic heterocycles. The molecule has 0 unspecified atom stereocenters. The highest BCUT2D eigenvalue weighted by Gasteiger charge is 2.11. The fourth-order valence-corrected chi connectivity index (χ4v) is 1.46. The lowest BCUT2D eigenvalue weighted by molar-refractivity contribution is 0.235. The maximum atomic E-state index is 11.3. The Kier molecular flexibility index (Phi) is 4.08. The summed E-state index contributed by atoms with van der Waals surface area (Å²) in [5.74, 6) is 0. The number of thiazole rings is 1. The number of carbonyl (C=O) groups excluding carboxylic acids is 1. The van der Waals surface area contributed by atoms with Gasteiger partial charge in [-0.1, -0.05) is 20.8 Å². The van der Waals surface area contributed by atoms with E-state index in [1.807, 2.05) is 5.38 Å². The van der Waals surface area contributed by atoms with E-state index in [-0.39, 0.29) is 11.4 Å². The lowest BCUT2D eigenvalue weighted by Crippen LogP contribution is -2.39. The molecule has 0 bridgehead atoms. The molecule has 0 saturated carbocycles. The smallest absolute Gasteiger partial charge is 0.315 e. The first-order valence-corrected chi connectivity index (χ1v) is 5.75. The molecule has 5 heteroatoms. The Balaban J connectivity index is 2.20. The van der Waals surface area contributed by atoms with E-state index in [9.17, 15) is 4.79 Å². The van der Waals surface area contributed by atoms with Crippen LogP contribution < -0.4 is 10.6 Å². The van der Waals surface area contributed by atoms with E-state index in [0.29, 0.717) is 13.1 Å². The third-order valence-corrected chi connectivity index (χ3v) is 2.44. The van der Waals surface area contributed by atoms with E-state index in [1.54, 1.807) is 6.20 Å². The van der Waals surface area contributed by atoms with Gasteiger partial charge in [-0.05, 0) is 5.41 Å². The summed E-state index contributed by atoms with van der Waals surface area (Å²) in [5, 5.41) is 8.38. The van der Waals surface area contributed by atoms with Gasteiger partial charge in [0.05, 0.1) is 6.54 Å². The third-order valence-electron chi connectivity index (χ3n) is 1.66. The second kappa shape index (κ2) is 5.11. The predicted octanol–water partition coefficient (Wildman–Crippen LogP) is 1.99. The van der Waals surface area contributed by atoms with Crippen LogP contribution in [0.25, 0.3) is 0 Å². The molecule has 0 aromatic carbocycles. The molecular weight excluding hydrogens is 210 g/mol. The van der Waals surface area contributed by atoms with Crippen molar-refractivity contribution in [1.82, 2.24) is 15.6 Å². The Morgan fingerprint density at radius 1 is 1.47 bits per heavy atom. The first-order chi connectivity index (χ1) is 6.97. The van der Waals surface area contributed by atoms with Gasteiger partial charge in [-0.15, -0.1) is 11.3 Å². The Morgan fingerprint density at radius 2 is 2.20 bits per heavy atom. The average Bonchev–Trinajstić information content (AvgIpc) is 2.62. The van der Waals surface area contributed by atoms with Crippen LogP contribution in [-0.2, 0) is 6.54 Å².